The molecule has 0 saturated heterocycles. The van der Waals surface area contributed by atoms with Crippen molar-refractivity contribution in [2.75, 3.05) is 0 Å². The van der Waals surface area contributed by atoms with Gasteiger partial charge in [-0.3, -0.25) is 9.38 Å². The molecule has 3 heterocycles. The topological polar surface area (TPSA) is 82.0 Å². The van der Waals surface area contributed by atoms with Crippen LogP contribution < -0.4 is 5.73 Å². The molecule has 2 N–H and O–H groups in total. The first-order valence-corrected chi connectivity index (χ1v) is 5.60. The van der Waals surface area contributed by atoms with Gasteiger partial charge in [-0.25, -0.2) is 4.98 Å². The van der Waals surface area contributed by atoms with Crippen molar-refractivity contribution in [1.82, 2.24) is 24.6 Å². The van der Waals surface area contributed by atoms with Crippen molar-refractivity contribution < 1.29 is 0 Å². The number of rotatable bonds is 2. The van der Waals surface area contributed by atoms with E-state index in [-0.39, 0.29) is 0 Å². The molecule has 0 saturated carbocycles. The van der Waals surface area contributed by atoms with Gasteiger partial charge in [0.15, 0.2) is 5.65 Å². The summed E-state index contributed by atoms with van der Waals surface area (Å²) in [5, 5.41) is 8.32. The second-order valence-corrected chi connectivity index (χ2v) is 3.99. The SMILES string of the molecule is Cc1nnc(-c2cnc3cnccn23)cc1CN. The molecule has 0 fully saturated rings. The molecule has 0 amide bonds. The molecule has 90 valence electrons. The lowest BCUT2D eigenvalue weighted by Gasteiger charge is -2.04. The van der Waals surface area contributed by atoms with Crippen LogP contribution in [0.5, 0.6) is 0 Å². The summed E-state index contributed by atoms with van der Waals surface area (Å²) in [5.41, 5.74) is 9.96. The van der Waals surface area contributed by atoms with Gasteiger partial charge in [0, 0.05) is 18.9 Å². The van der Waals surface area contributed by atoms with Crippen LogP contribution in [0.1, 0.15) is 11.3 Å². The summed E-state index contributed by atoms with van der Waals surface area (Å²) in [6.45, 7) is 2.35. The van der Waals surface area contributed by atoms with E-state index in [0.29, 0.717) is 6.54 Å². The van der Waals surface area contributed by atoms with E-state index in [1.54, 1.807) is 18.6 Å². The average Bonchev–Trinajstić information content (AvgIpc) is 2.83. The lowest BCUT2D eigenvalue weighted by Crippen LogP contribution is -2.04. The van der Waals surface area contributed by atoms with Crippen molar-refractivity contribution in [2.24, 2.45) is 5.73 Å². The molecule has 3 aromatic rings. The van der Waals surface area contributed by atoms with Crippen molar-refractivity contribution in [3.63, 3.8) is 0 Å². The maximum atomic E-state index is 5.69. The minimum Gasteiger partial charge on any atom is -0.326 e. The number of nitrogens with zero attached hydrogens (tertiary/aromatic N) is 5. The fourth-order valence-electron chi connectivity index (χ4n) is 1.85. The largest absolute Gasteiger partial charge is 0.326 e. The van der Waals surface area contributed by atoms with Crippen molar-refractivity contribution in [3.8, 4) is 11.4 Å². The zero-order valence-corrected chi connectivity index (χ0v) is 9.91. The van der Waals surface area contributed by atoms with Gasteiger partial charge < -0.3 is 5.73 Å². The molecule has 0 spiro atoms. The summed E-state index contributed by atoms with van der Waals surface area (Å²) < 4.78 is 1.92. The molecule has 3 rings (SSSR count). The number of hydrogen-bond donors (Lipinski definition) is 1. The van der Waals surface area contributed by atoms with Crippen molar-refractivity contribution in [2.45, 2.75) is 13.5 Å². The number of aryl methyl sites for hydroxylation is 1. The molecule has 0 aromatic carbocycles. The summed E-state index contributed by atoms with van der Waals surface area (Å²) >= 11 is 0. The van der Waals surface area contributed by atoms with Crippen LogP contribution >= 0.6 is 0 Å². The molecule has 6 heteroatoms. The van der Waals surface area contributed by atoms with Gasteiger partial charge in [-0.15, -0.1) is 5.10 Å². The molecule has 0 bridgehead atoms. The van der Waals surface area contributed by atoms with Crippen LogP contribution in [-0.2, 0) is 6.54 Å². The molecule has 0 radical (unpaired) electrons. The molecule has 0 aliphatic rings. The average molecular weight is 240 g/mol. The second kappa shape index (κ2) is 4.15. The second-order valence-electron chi connectivity index (χ2n) is 3.99. The Balaban J connectivity index is 2.20. The predicted molar refractivity (Wildman–Crippen MR) is 66.6 cm³/mol. The Labute approximate surface area is 104 Å². The molecule has 6 nitrogen and oxygen atoms in total. The lowest BCUT2D eigenvalue weighted by molar-refractivity contribution is 0.919. The highest BCUT2D eigenvalue weighted by molar-refractivity contribution is 5.59. The fraction of sp³-hybridized carbons (Fsp3) is 0.167. The van der Waals surface area contributed by atoms with E-state index >= 15 is 0 Å². The third-order valence-electron chi connectivity index (χ3n) is 2.88. The monoisotopic (exact) mass is 240 g/mol. The summed E-state index contributed by atoms with van der Waals surface area (Å²) in [6, 6.07) is 1.95. The third kappa shape index (κ3) is 1.63. The maximum absolute atomic E-state index is 5.69. The number of imidazole rings is 1. The van der Waals surface area contributed by atoms with Gasteiger partial charge in [0.2, 0.25) is 0 Å². The highest BCUT2D eigenvalue weighted by Gasteiger charge is 2.09. The van der Waals surface area contributed by atoms with E-state index in [1.165, 1.54) is 0 Å². The van der Waals surface area contributed by atoms with Crippen molar-refractivity contribution in [3.05, 3.63) is 42.1 Å². The first-order valence-electron chi connectivity index (χ1n) is 5.60. The van der Waals surface area contributed by atoms with Crippen LogP contribution in [0.4, 0.5) is 0 Å². The first-order chi connectivity index (χ1) is 8.79. The van der Waals surface area contributed by atoms with E-state index in [2.05, 4.69) is 20.2 Å². The van der Waals surface area contributed by atoms with E-state index in [9.17, 15) is 0 Å². The van der Waals surface area contributed by atoms with Gasteiger partial charge in [0.05, 0.1) is 23.8 Å². The Morgan fingerprint density at radius 2 is 2.17 bits per heavy atom. The molecule has 0 aliphatic heterocycles. The predicted octanol–water partition coefficient (Wildman–Crippen LogP) is 0.953. The van der Waals surface area contributed by atoms with E-state index in [1.807, 2.05) is 23.6 Å². The molecule has 0 unspecified atom stereocenters. The first kappa shape index (κ1) is 10.8. The van der Waals surface area contributed by atoms with Crippen molar-refractivity contribution in [1.29, 1.82) is 0 Å². The van der Waals surface area contributed by atoms with Crippen LogP contribution in [0, 0.1) is 6.92 Å². The lowest BCUT2D eigenvalue weighted by atomic mass is 10.2. The Morgan fingerprint density at radius 3 is 3.00 bits per heavy atom. The minimum atomic E-state index is 0.451. The van der Waals surface area contributed by atoms with Gasteiger partial charge in [-0.1, -0.05) is 0 Å². The van der Waals surface area contributed by atoms with Crippen LogP contribution in [-0.4, -0.2) is 24.6 Å². The summed E-state index contributed by atoms with van der Waals surface area (Å²) in [7, 11) is 0. The van der Waals surface area contributed by atoms with Gasteiger partial charge in [-0.2, -0.15) is 5.10 Å². The van der Waals surface area contributed by atoms with E-state index in [4.69, 9.17) is 5.73 Å². The zero-order valence-electron chi connectivity index (χ0n) is 9.91. The molecular formula is C12H12N6. The number of nitrogens with two attached hydrogens (primary N) is 1. The fourth-order valence-corrected chi connectivity index (χ4v) is 1.85. The van der Waals surface area contributed by atoms with E-state index < -0.39 is 0 Å². The zero-order chi connectivity index (χ0) is 12.5. The van der Waals surface area contributed by atoms with Crippen LogP contribution in [0.15, 0.2) is 30.9 Å². The van der Waals surface area contributed by atoms with Crippen LogP contribution in [0.2, 0.25) is 0 Å². The van der Waals surface area contributed by atoms with Gasteiger partial charge in [-0.05, 0) is 18.6 Å². The van der Waals surface area contributed by atoms with Gasteiger partial charge in [0.1, 0.15) is 5.69 Å². The summed E-state index contributed by atoms with van der Waals surface area (Å²) in [6.07, 6.45) is 7.02. The standard InChI is InChI=1S/C12H12N6/c1-8-9(5-13)4-10(17-16-8)11-6-15-12-7-14-2-3-18(11)12/h2-4,6-7H,5,13H2,1H3. The van der Waals surface area contributed by atoms with Gasteiger partial charge in [0.25, 0.3) is 0 Å². The normalized spacial score (nSPS) is 11.0. The Hall–Kier alpha value is -2.34. The van der Waals surface area contributed by atoms with Crippen LogP contribution in [0.25, 0.3) is 17.0 Å². The highest BCUT2D eigenvalue weighted by Crippen LogP contribution is 2.19. The minimum absolute atomic E-state index is 0.451. The smallest absolute Gasteiger partial charge is 0.155 e. The molecule has 0 atom stereocenters. The van der Waals surface area contributed by atoms with E-state index in [0.717, 1.165) is 28.3 Å². The summed E-state index contributed by atoms with van der Waals surface area (Å²) in [4.78, 5) is 8.30. The Bertz CT molecular complexity index is 703. The quantitative estimate of drug-likeness (QED) is 0.721. The number of aromatic nitrogens is 5. The Morgan fingerprint density at radius 1 is 1.28 bits per heavy atom. The molecule has 3 aromatic heterocycles. The van der Waals surface area contributed by atoms with Crippen molar-refractivity contribution >= 4 is 5.65 Å². The Kier molecular flexibility index (Phi) is 2.49. The van der Waals surface area contributed by atoms with Gasteiger partial charge >= 0.3 is 0 Å². The highest BCUT2D eigenvalue weighted by atomic mass is 15.1. The summed E-state index contributed by atoms with van der Waals surface area (Å²) in [5.74, 6) is 0. The number of fused-ring (bicyclic) bond motifs is 1. The molecule has 0 aliphatic carbocycles. The maximum Gasteiger partial charge on any atom is 0.155 e. The molecular weight excluding hydrogens is 228 g/mol. The van der Waals surface area contributed by atoms with Crippen LogP contribution in [0.3, 0.4) is 0 Å². The third-order valence-corrected chi connectivity index (χ3v) is 2.88. The number of hydrogen-bond acceptors (Lipinski definition) is 5. The molecule has 18 heavy (non-hydrogen) atoms.